The zero-order valence-electron chi connectivity index (χ0n) is 25.7. The molecule has 1 amide bonds. The van der Waals surface area contributed by atoms with Crippen molar-refractivity contribution >= 4 is 20.4 Å². The van der Waals surface area contributed by atoms with Crippen molar-refractivity contribution in [3.8, 4) is 11.1 Å². The smallest absolute Gasteiger partial charge is 0.409 e. The van der Waals surface area contributed by atoms with Crippen LogP contribution in [0.5, 0.6) is 0 Å². The van der Waals surface area contributed by atoms with E-state index in [4.69, 9.17) is 13.6 Å². The molecule has 1 unspecified atom stereocenters. The van der Waals surface area contributed by atoms with Crippen LogP contribution in [0.2, 0.25) is 18.1 Å². The first-order valence-electron chi connectivity index (χ1n) is 15.2. The molecule has 2 aliphatic rings. The van der Waals surface area contributed by atoms with E-state index in [0.29, 0.717) is 44.6 Å². The van der Waals surface area contributed by atoms with Gasteiger partial charge in [-0.1, -0.05) is 99.6 Å². The van der Waals surface area contributed by atoms with E-state index in [0.717, 1.165) is 5.56 Å². The van der Waals surface area contributed by atoms with Crippen LogP contribution in [0.4, 0.5) is 10.8 Å². The highest BCUT2D eigenvalue weighted by Gasteiger charge is 2.41. The van der Waals surface area contributed by atoms with Crippen molar-refractivity contribution in [2.45, 2.75) is 50.9 Å². The van der Waals surface area contributed by atoms with Gasteiger partial charge in [0.05, 0.1) is 6.20 Å². The van der Waals surface area contributed by atoms with E-state index in [2.05, 4.69) is 104 Å². The Labute approximate surface area is 255 Å². The summed E-state index contributed by atoms with van der Waals surface area (Å²) in [6.07, 6.45) is 1.19. The molecule has 8 heteroatoms. The van der Waals surface area contributed by atoms with Gasteiger partial charge in [0, 0.05) is 32.1 Å². The van der Waals surface area contributed by atoms with Crippen LogP contribution in [-0.4, -0.2) is 57.1 Å². The highest BCUT2D eigenvalue weighted by molar-refractivity contribution is 6.74. The molecule has 1 atom stereocenters. The fraction of sp³-hybridized carbons (Fsp3) is 0.371. The molecule has 4 aromatic rings. The number of rotatable bonds is 7. The lowest BCUT2D eigenvalue weighted by Crippen LogP contribution is -2.49. The maximum atomic E-state index is 13.1. The molecule has 7 nitrogen and oxygen atoms in total. The van der Waals surface area contributed by atoms with E-state index >= 15 is 0 Å². The first-order chi connectivity index (χ1) is 20.6. The zero-order chi connectivity index (χ0) is 30.2. The van der Waals surface area contributed by atoms with Gasteiger partial charge in [-0.25, -0.2) is 9.78 Å². The maximum Gasteiger partial charge on any atom is 0.409 e. The van der Waals surface area contributed by atoms with Gasteiger partial charge in [-0.2, -0.15) is 0 Å². The topological polar surface area (TPSA) is 68.0 Å². The Kier molecular flexibility index (Phi) is 7.92. The number of piperazine rings is 1. The Hall–Kier alpha value is -3.88. The molecule has 1 aliphatic heterocycles. The number of oxazole rings is 1. The van der Waals surface area contributed by atoms with Crippen LogP contribution in [0.15, 0.2) is 89.5 Å². The summed E-state index contributed by atoms with van der Waals surface area (Å²) in [4.78, 5) is 21.6. The summed E-state index contributed by atoms with van der Waals surface area (Å²) in [7, 11) is -2.10. The second-order valence-corrected chi connectivity index (χ2v) is 17.7. The van der Waals surface area contributed by atoms with Crippen LogP contribution in [0.25, 0.3) is 11.1 Å². The normalized spacial score (nSPS) is 16.1. The van der Waals surface area contributed by atoms with Crippen LogP contribution >= 0.6 is 0 Å². The molecular weight excluding hydrogens is 554 g/mol. The fourth-order valence-corrected chi connectivity index (χ4v) is 6.89. The molecule has 1 aromatic heterocycles. The number of benzene rings is 3. The van der Waals surface area contributed by atoms with Crippen LogP contribution in [0.1, 0.15) is 55.2 Å². The lowest BCUT2D eigenvalue weighted by molar-refractivity contribution is 0.0972. The van der Waals surface area contributed by atoms with Crippen LogP contribution < -0.4 is 4.90 Å². The Bertz CT molecular complexity index is 1530. The monoisotopic (exact) mass is 595 g/mol. The van der Waals surface area contributed by atoms with Gasteiger partial charge >= 0.3 is 6.09 Å². The zero-order valence-corrected chi connectivity index (χ0v) is 26.7. The van der Waals surface area contributed by atoms with Crippen molar-refractivity contribution in [2.24, 2.45) is 0 Å². The van der Waals surface area contributed by atoms with E-state index in [1.165, 1.54) is 22.3 Å². The molecule has 43 heavy (non-hydrogen) atoms. The quantitative estimate of drug-likeness (QED) is 0.203. The van der Waals surface area contributed by atoms with Gasteiger partial charge in [-0.05, 0) is 45.9 Å². The molecule has 0 spiro atoms. The van der Waals surface area contributed by atoms with Crippen molar-refractivity contribution in [1.29, 1.82) is 0 Å². The van der Waals surface area contributed by atoms with Crippen LogP contribution in [0, 0.1) is 0 Å². The number of carbonyl (C=O) groups is 1. The molecule has 2 heterocycles. The summed E-state index contributed by atoms with van der Waals surface area (Å²) >= 11 is 0. The van der Waals surface area contributed by atoms with Crippen LogP contribution in [-0.2, 0) is 9.16 Å². The summed E-state index contributed by atoms with van der Waals surface area (Å²) < 4.78 is 19.1. The first kappa shape index (κ1) is 29.2. The molecule has 1 aliphatic carbocycles. The Balaban J connectivity index is 1.09. The second-order valence-electron chi connectivity index (χ2n) is 13.0. The number of amides is 1. The number of nitrogens with zero attached hydrogens (tertiary/aromatic N) is 3. The average molecular weight is 596 g/mol. The largest absolute Gasteiger partial charge is 0.448 e. The summed E-state index contributed by atoms with van der Waals surface area (Å²) in [6.45, 7) is 13.9. The van der Waals surface area contributed by atoms with E-state index in [9.17, 15) is 4.79 Å². The van der Waals surface area contributed by atoms with Crippen molar-refractivity contribution in [3.05, 3.63) is 108 Å². The van der Waals surface area contributed by atoms with Crippen molar-refractivity contribution in [1.82, 2.24) is 9.88 Å². The predicted octanol–water partition coefficient (Wildman–Crippen LogP) is 7.86. The van der Waals surface area contributed by atoms with Gasteiger partial charge in [-0.3, -0.25) is 0 Å². The Morgan fingerprint density at radius 1 is 0.907 bits per heavy atom. The molecule has 224 valence electrons. The number of ether oxygens (including phenoxy) is 1. The maximum absolute atomic E-state index is 13.1. The molecule has 1 fully saturated rings. The Morgan fingerprint density at radius 2 is 1.49 bits per heavy atom. The van der Waals surface area contributed by atoms with Crippen molar-refractivity contribution in [2.75, 3.05) is 37.7 Å². The molecule has 0 radical (unpaired) electrons. The lowest BCUT2D eigenvalue weighted by Gasteiger charge is -2.38. The minimum absolute atomic E-state index is 0.0504. The number of hydrogen-bond donors (Lipinski definition) is 0. The van der Waals surface area contributed by atoms with Crippen molar-refractivity contribution < 1.29 is 18.4 Å². The molecule has 0 N–H and O–H groups in total. The highest BCUT2D eigenvalue weighted by atomic mass is 28.4. The van der Waals surface area contributed by atoms with Crippen LogP contribution in [0.3, 0.4) is 0 Å². The van der Waals surface area contributed by atoms with Crippen molar-refractivity contribution in [3.63, 3.8) is 0 Å². The first-order valence-corrected chi connectivity index (χ1v) is 18.1. The van der Waals surface area contributed by atoms with E-state index < -0.39 is 8.32 Å². The van der Waals surface area contributed by atoms with Gasteiger partial charge < -0.3 is 23.4 Å². The SMILES string of the molecule is CC(C)(C)[Si](C)(C)OC(c1ccccc1)c1cnc(N2CCN(C(=O)OCC3c4ccccc4-c4ccccc43)CC2)o1. The van der Waals surface area contributed by atoms with Gasteiger partial charge in [0.15, 0.2) is 14.1 Å². The van der Waals surface area contributed by atoms with E-state index in [1.807, 2.05) is 18.2 Å². The molecule has 0 saturated carbocycles. The second kappa shape index (κ2) is 11.7. The lowest BCUT2D eigenvalue weighted by atomic mass is 9.98. The molecule has 3 aromatic carbocycles. The molecule has 1 saturated heterocycles. The molecular formula is C35H41N3O4Si. The number of fused-ring (bicyclic) bond motifs is 3. The molecule has 6 rings (SSSR count). The fourth-order valence-electron chi connectivity index (χ4n) is 5.70. The third kappa shape index (κ3) is 5.86. The summed E-state index contributed by atoms with van der Waals surface area (Å²) in [5, 5.41) is 0.0539. The standard InChI is InChI=1S/C35H41N3O4Si/c1-35(2,3)43(4,5)42-32(25-13-7-6-8-14-25)31-23-36-33(41-31)37-19-21-38(22-20-37)34(39)40-24-30-28-17-11-9-15-26(28)27-16-10-12-18-29(27)30/h6-18,23,30,32H,19-22,24H2,1-5H3. The van der Waals surface area contributed by atoms with Gasteiger partial charge in [0.2, 0.25) is 0 Å². The third-order valence-electron chi connectivity index (χ3n) is 9.24. The van der Waals surface area contributed by atoms with Gasteiger partial charge in [0.1, 0.15) is 12.7 Å². The molecule has 0 bridgehead atoms. The number of anilines is 1. The third-order valence-corrected chi connectivity index (χ3v) is 13.7. The number of carbonyl (C=O) groups excluding carboxylic acids is 1. The summed E-state index contributed by atoms with van der Waals surface area (Å²) in [5.41, 5.74) is 5.93. The Morgan fingerprint density at radius 3 is 2.09 bits per heavy atom. The minimum atomic E-state index is -2.10. The predicted molar refractivity (Wildman–Crippen MR) is 172 cm³/mol. The van der Waals surface area contributed by atoms with E-state index in [-0.39, 0.29) is 23.2 Å². The van der Waals surface area contributed by atoms with E-state index in [1.54, 1.807) is 11.1 Å². The minimum Gasteiger partial charge on any atom is -0.448 e. The average Bonchev–Trinajstić information content (AvgIpc) is 3.62. The number of aromatic nitrogens is 1. The summed E-state index contributed by atoms with van der Waals surface area (Å²) in [5.74, 6) is 0.750. The highest BCUT2D eigenvalue weighted by Crippen LogP contribution is 2.45. The number of hydrogen-bond acceptors (Lipinski definition) is 6. The summed E-state index contributed by atoms with van der Waals surface area (Å²) in [6, 6.07) is 27.5. The van der Waals surface area contributed by atoms with Gasteiger partial charge in [-0.15, -0.1) is 0 Å². The van der Waals surface area contributed by atoms with Gasteiger partial charge in [0.25, 0.3) is 6.01 Å².